The van der Waals surface area contributed by atoms with Crippen molar-refractivity contribution in [2.24, 2.45) is 0 Å². The highest BCUT2D eigenvalue weighted by molar-refractivity contribution is 7.10. The fourth-order valence-electron chi connectivity index (χ4n) is 4.53. The second kappa shape index (κ2) is 9.84. The number of para-hydroxylation sites is 1. The molecule has 0 spiro atoms. The Balaban J connectivity index is 1.47. The van der Waals surface area contributed by atoms with Crippen LogP contribution >= 0.6 is 11.3 Å². The number of amides is 2. The van der Waals surface area contributed by atoms with Crippen molar-refractivity contribution < 1.29 is 9.59 Å². The number of nitrogens with one attached hydrogen (secondary N) is 1. The number of nitrogens with zero attached hydrogens (tertiary/aromatic N) is 3. The van der Waals surface area contributed by atoms with E-state index in [0.29, 0.717) is 36.0 Å². The van der Waals surface area contributed by atoms with Gasteiger partial charge in [0, 0.05) is 23.4 Å². The molecule has 0 radical (unpaired) electrons. The first-order chi connectivity index (χ1) is 17.1. The van der Waals surface area contributed by atoms with Gasteiger partial charge in [-0.25, -0.2) is 0 Å². The molecule has 1 N–H and O–H groups in total. The third-order valence-electron chi connectivity index (χ3n) is 6.32. The van der Waals surface area contributed by atoms with Crippen molar-refractivity contribution in [3.05, 3.63) is 92.5 Å². The molecule has 0 saturated carbocycles. The zero-order chi connectivity index (χ0) is 24.4. The lowest BCUT2D eigenvalue weighted by molar-refractivity contribution is -0.134. The van der Waals surface area contributed by atoms with Crippen LogP contribution in [-0.4, -0.2) is 39.1 Å². The molecule has 5 rings (SSSR count). The van der Waals surface area contributed by atoms with E-state index in [1.165, 1.54) is 15.1 Å². The van der Waals surface area contributed by atoms with Gasteiger partial charge in [0.15, 0.2) is 5.69 Å². The number of carbonyl (C=O) groups is 2. The molecule has 0 bridgehead atoms. The molecule has 0 fully saturated rings. The lowest BCUT2D eigenvalue weighted by Gasteiger charge is -2.31. The lowest BCUT2D eigenvalue weighted by atomic mass is 10.1. The summed E-state index contributed by atoms with van der Waals surface area (Å²) in [6.07, 6.45) is 2.10. The largest absolute Gasteiger partial charge is 0.339 e. The maximum atomic E-state index is 13.5. The van der Waals surface area contributed by atoms with Crippen molar-refractivity contribution in [3.8, 4) is 5.69 Å². The highest BCUT2D eigenvalue weighted by Crippen LogP contribution is 2.25. The Bertz CT molecular complexity index is 1440. The number of aromatic nitrogens is 2. The number of hydrogen-bond donors (Lipinski definition) is 1. The van der Waals surface area contributed by atoms with Gasteiger partial charge in [-0.1, -0.05) is 49.7 Å². The van der Waals surface area contributed by atoms with E-state index < -0.39 is 11.9 Å². The number of rotatable bonds is 6. The molecular weight excluding hydrogens is 460 g/mol. The van der Waals surface area contributed by atoms with Gasteiger partial charge in [0.25, 0.3) is 11.5 Å². The van der Waals surface area contributed by atoms with Crippen LogP contribution in [0.15, 0.2) is 70.8 Å². The Labute approximate surface area is 207 Å². The monoisotopic (exact) mass is 486 g/mol. The minimum atomic E-state index is -0.662. The van der Waals surface area contributed by atoms with E-state index in [4.69, 9.17) is 0 Å². The van der Waals surface area contributed by atoms with Crippen LogP contribution in [0.1, 0.15) is 40.7 Å². The van der Waals surface area contributed by atoms with Crippen LogP contribution < -0.4 is 10.9 Å². The summed E-state index contributed by atoms with van der Waals surface area (Å²) < 4.78 is 1.25. The Morgan fingerprint density at radius 2 is 1.80 bits per heavy atom. The summed E-state index contributed by atoms with van der Waals surface area (Å²) in [5.41, 5.74) is 1.57. The number of carbonyl (C=O) groups excluding carboxylic acids is 2. The van der Waals surface area contributed by atoms with E-state index >= 15 is 0 Å². The Kier molecular flexibility index (Phi) is 6.46. The molecular formula is C27H26N4O3S. The minimum Gasteiger partial charge on any atom is -0.339 e. The quantitative estimate of drug-likeness (QED) is 0.448. The van der Waals surface area contributed by atoms with Crippen LogP contribution in [0.3, 0.4) is 0 Å². The van der Waals surface area contributed by atoms with Crippen LogP contribution in [0.25, 0.3) is 16.5 Å². The number of thiophene rings is 1. The van der Waals surface area contributed by atoms with E-state index in [1.807, 2.05) is 30.0 Å². The average molecular weight is 487 g/mol. The summed E-state index contributed by atoms with van der Waals surface area (Å²) in [6, 6.07) is 17.4. The molecule has 3 heterocycles. The second-order valence-corrected chi connectivity index (χ2v) is 9.64. The Hall–Kier alpha value is -3.78. The molecule has 4 aromatic rings. The molecule has 2 aromatic carbocycles. The van der Waals surface area contributed by atoms with Crippen LogP contribution in [-0.2, 0) is 17.8 Å². The molecule has 0 saturated heterocycles. The van der Waals surface area contributed by atoms with Gasteiger partial charge < -0.3 is 10.2 Å². The molecule has 1 aliphatic heterocycles. The van der Waals surface area contributed by atoms with Gasteiger partial charge in [-0.2, -0.15) is 9.78 Å². The first-order valence-corrected chi connectivity index (χ1v) is 12.7. The number of fused-ring (bicyclic) bond motifs is 2. The molecule has 1 unspecified atom stereocenters. The van der Waals surface area contributed by atoms with Gasteiger partial charge in [0.2, 0.25) is 5.91 Å². The number of benzene rings is 2. The van der Waals surface area contributed by atoms with E-state index in [9.17, 15) is 14.4 Å². The third kappa shape index (κ3) is 4.49. The first kappa shape index (κ1) is 23.0. The van der Waals surface area contributed by atoms with Crippen molar-refractivity contribution in [1.82, 2.24) is 20.0 Å². The topological polar surface area (TPSA) is 84.3 Å². The fourth-order valence-corrected chi connectivity index (χ4v) is 5.42. The maximum absolute atomic E-state index is 13.5. The summed E-state index contributed by atoms with van der Waals surface area (Å²) in [7, 11) is 0. The number of hydrogen-bond acceptors (Lipinski definition) is 5. The van der Waals surface area contributed by atoms with Crippen molar-refractivity contribution in [3.63, 3.8) is 0 Å². The van der Waals surface area contributed by atoms with Crippen LogP contribution in [0.2, 0.25) is 0 Å². The van der Waals surface area contributed by atoms with E-state index in [1.54, 1.807) is 47.7 Å². The van der Waals surface area contributed by atoms with Crippen molar-refractivity contribution >= 4 is 33.9 Å². The summed E-state index contributed by atoms with van der Waals surface area (Å²) in [5, 5.41) is 10.3. The molecule has 178 valence electrons. The molecule has 1 atom stereocenters. The van der Waals surface area contributed by atoms with E-state index in [-0.39, 0.29) is 17.2 Å². The highest BCUT2D eigenvalue weighted by atomic mass is 32.1. The second-order valence-electron chi connectivity index (χ2n) is 8.64. The van der Waals surface area contributed by atoms with Crippen LogP contribution in [0, 0.1) is 0 Å². The first-order valence-electron chi connectivity index (χ1n) is 11.8. The fraction of sp³-hybridized carbons (Fsp3) is 0.259. The van der Waals surface area contributed by atoms with Crippen molar-refractivity contribution in [2.45, 2.75) is 38.8 Å². The van der Waals surface area contributed by atoms with E-state index in [0.717, 1.165) is 12.8 Å². The smallest absolute Gasteiger partial charge is 0.279 e. The standard InChI is InChI=1S/C27H26N4O3S/c1-2-8-22(27(34)30-15-13-23-18(17-30)14-16-35-23)28-25(32)24-20-11-6-7-12-21(20)26(33)31(29-24)19-9-4-3-5-10-19/h3-7,9-12,14,16,22H,2,8,13,15,17H2,1H3,(H,28,32). The zero-order valence-corrected chi connectivity index (χ0v) is 20.3. The van der Waals surface area contributed by atoms with Gasteiger partial charge in [-0.15, -0.1) is 11.3 Å². The molecule has 0 aliphatic carbocycles. The van der Waals surface area contributed by atoms with Gasteiger partial charge >= 0.3 is 0 Å². The minimum absolute atomic E-state index is 0.0854. The van der Waals surface area contributed by atoms with Crippen molar-refractivity contribution in [2.75, 3.05) is 6.54 Å². The van der Waals surface area contributed by atoms with Gasteiger partial charge in [-0.05, 0) is 48.1 Å². The summed E-state index contributed by atoms with van der Waals surface area (Å²) in [4.78, 5) is 43.2. The molecule has 35 heavy (non-hydrogen) atoms. The summed E-state index contributed by atoms with van der Waals surface area (Å²) in [6.45, 7) is 3.19. The molecule has 2 amide bonds. The average Bonchev–Trinajstić information content (AvgIpc) is 3.37. The van der Waals surface area contributed by atoms with Gasteiger partial charge in [-0.3, -0.25) is 14.4 Å². The highest BCUT2D eigenvalue weighted by Gasteiger charge is 2.29. The predicted octanol–water partition coefficient (Wildman–Crippen LogP) is 3.93. The summed E-state index contributed by atoms with van der Waals surface area (Å²) in [5.74, 6) is -0.552. The van der Waals surface area contributed by atoms with Crippen LogP contribution in [0.4, 0.5) is 0 Å². The molecule has 8 heteroatoms. The third-order valence-corrected chi connectivity index (χ3v) is 7.34. The zero-order valence-electron chi connectivity index (χ0n) is 19.4. The summed E-state index contributed by atoms with van der Waals surface area (Å²) >= 11 is 1.72. The van der Waals surface area contributed by atoms with Gasteiger partial charge in [0.05, 0.1) is 11.1 Å². The predicted molar refractivity (Wildman–Crippen MR) is 137 cm³/mol. The maximum Gasteiger partial charge on any atom is 0.279 e. The van der Waals surface area contributed by atoms with Crippen molar-refractivity contribution in [1.29, 1.82) is 0 Å². The SMILES string of the molecule is CCCC(NC(=O)c1nn(-c2ccccc2)c(=O)c2ccccc12)C(=O)N1CCc2sccc2C1. The molecule has 7 nitrogen and oxygen atoms in total. The normalized spacial score (nSPS) is 13.9. The Morgan fingerprint density at radius 3 is 2.57 bits per heavy atom. The van der Waals surface area contributed by atoms with Gasteiger partial charge in [0.1, 0.15) is 6.04 Å². The lowest BCUT2D eigenvalue weighted by Crippen LogP contribution is -2.50. The molecule has 1 aliphatic rings. The van der Waals surface area contributed by atoms with Crippen LogP contribution in [0.5, 0.6) is 0 Å². The molecule has 2 aromatic heterocycles. The Morgan fingerprint density at radius 1 is 1.06 bits per heavy atom. The van der Waals surface area contributed by atoms with E-state index in [2.05, 4.69) is 21.9 Å².